The van der Waals surface area contributed by atoms with Crippen molar-refractivity contribution in [2.45, 2.75) is 45.1 Å². The van der Waals surface area contributed by atoms with E-state index in [4.69, 9.17) is 4.74 Å². The molecule has 0 spiro atoms. The van der Waals surface area contributed by atoms with Crippen molar-refractivity contribution >= 4 is 5.97 Å². The average Bonchev–Trinajstić information content (AvgIpc) is 2.30. The van der Waals surface area contributed by atoms with Crippen molar-refractivity contribution < 1.29 is 9.53 Å². The number of rotatable bonds is 7. The molecule has 0 amide bonds. The molecule has 0 saturated carbocycles. The molecule has 0 aromatic rings. The van der Waals surface area contributed by atoms with Crippen molar-refractivity contribution in [2.24, 2.45) is 0 Å². The maximum Gasteiger partial charge on any atom is 0.305 e. The Morgan fingerprint density at radius 3 is 3.06 bits per heavy atom. The minimum Gasteiger partial charge on any atom is -0.466 e. The maximum atomic E-state index is 11.0. The van der Waals surface area contributed by atoms with Gasteiger partial charge >= 0.3 is 5.97 Å². The zero-order valence-electron chi connectivity index (χ0n) is 10.3. The van der Waals surface area contributed by atoms with Crippen LogP contribution in [0.25, 0.3) is 0 Å². The van der Waals surface area contributed by atoms with E-state index in [9.17, 15) is 4.79 Å². The van der Waals surface area contributed by atoms with Gasteiger partial charge < -0.3 is 15.4 Å². The predicted molar refractivity (Wildman–Crippen MR) is 64.4 cm³/mol. The first kappa shape index (κ1) is 13.5. The van der Waals surface area contributed by atoms with Crippen LogP contribution in [0.2, 0.25) is 0 Å². The van der Waals surface area contributed by atoms with E-state index in [0.717, 1.165) is 26.1 Å². The highest BCUT2D eigenvalue weighted by Crippen LogP contribution is 2.05. The normalized spacial score (nSPS) is 20.7. The molecule has 0 aromatic carbocycles. The van der Waals surface area contributed by atoms with Gasteiger partial charge in [0.2, 0.25) is 0 Å². The quantitative estimate of drug-likeness (QED) is 0.505. The van der Waals surface area contributed by atoms with Gasteiger partial charge in [0.25, 0.3) is 0 Å². The van der Waals surface area contributed by atoms with Gasteiger partial charge in [-0.3, -0.25) is 4.79 Å². The Morgan fingerprint density at radius 1 is 1.50 bits per heavy atom. The number of carbonyl (C=O) groups is 1. The standard InChI is InChI=1S/C12H24N2O2/c1-2-16-12(15)7-5-8-13-10-11-6-3-4-9-14-11/h11,13-14H,2-10H2,1H3. The Morgan fingerprint density at radius 2 is 2.38 bits per heavy atom. The maximum absolute atomic E-state index is 11.0. The lowest BCUT2D eigenvalue weighted by atomic mass is 10.1. The molecular formula is C12H24N2O2. The van der Waals surface area contributed by atoms with Crippen LogP contribution >= 0.6 is 0 Å². The first-order chi connectivity index (χ1) is 7.83. The second kappa shape index (κ2) is 8.53. The minimum absolute atomic E-state index is 0.0832. The summed E-state index contributed by atoms with van der Waals surface area (Å²) in [4.78, 5) is 11.0. The van der Waals surface area contributed by atoms with Gasteiger partial charge in [0.05, 0.1) is 6.61 Å². The molecule has 4 heteroatoms. The smallest absolute Gasteiger partial charge is 0.305 e. The molecule has 0 aromatic heterocycles. The van der Waals surface area contributed by atoms with Crippen molar-refractivity contribution in [1.29, 1.82) is 0 Å². The molecule has 0 bridgehead atoms. The predicted octanol–water partition coefficient (Wildman–Crippen LogP) is 1.06. The number of carbonyl (C=O) groups excluding carboxylic acids is 1. The van der Waals surface area contributed by atoms with Crippen molar-refractivity contribution in [3.8, 4) is 0 Å². The van der Waals surface area contributed by atoms with Crippen molar-refractivity contribution in [3.05, 3.63) is 0 Å². The number of piperidine rings is 1. The van der Waals surface area contributed by atoms with Crippen LogP contribution in [0.3, 0.4) is 0 Å². The molecule has 1 heterocycles. The number of hydrogen-bond acceptors (Lipinski definition) is 4. The fourth-order valence-corrected chi connectivity index (χ4v) is 1.97. The highest BCUT2D eigenvalue weighted by Gasteiger charge is 2.11. The molecule has 0 aliphatic carbocycles. The van der Waals surface area contributed by atoms with Gasteiger partial charge in [0, 0.05) is 19.0 Å². The summed E-state index contributed by atoms with van der Waals surface area (Å²) in [6.45, 7) is 5.39. The fourth-order valence-electron chi connectivity index (χ4n) is 1.97. The molecule has 4 nitrogen and oxygen atoms in total. The third-order valence-electron chi connectivity index (χ3n) is 2.84. The zero-order valence-corrected chi connectivity index (χ0v) is 10.3. The summed E-state index contributed by atoms with van der Waals surface area (Å²) in [5, 5.41) is 6.87. The highest BCUT2D eigenvalue weighted by molar-refractivity contribution is 5.69. The van der Waals surface area contributed by atoms with Crippen LogP contribution in [0.1, 0.15) is 39.0 Å². The van der Waals surface area contributed by atoms with Crippen LogP contribution in [0, 0.1) is 0 Å². The molecule has 1 saturated heterocycles. The molecule has 16 heavy (non-hydrogen) atoms. The highest BCUT2D eigenvalue weighted by atomic mass is 16.5. The summed E-state index contributed by atoms with van der Waals surface area (Å²) < 4.78 is 4.86. The van der Waals surface area contributed by atoms with Gasteiger partial charge in [-0.1, -0.05) is 6.42 Å². The van der Waals surface area contributed by atoms with Crippen LogP contribution in [0.15, 0.2) is 0 Å². The molecule has 1 unspecified atom stereocenters. The summed E-state index contributed by atoms with van der Waals surface area (Å²) in [7, 11) is 0. The van der Waals surface area contributed by atoms with Crippen LogP contribution in [-0.4, -0.2) is 38.3 Å². The number of ether oxygens (including phenoxy) is 1. The Bertz CT molecular complexity index is 191. The molecule has 94 valence electrons. The van der Waals surface area contributed by atoms with E-state index in [1.165, 1.54) is 19.3 Å². The van der Waals surface area contributed by atoms with E-state index < -0.39 is 0 Å². The molecule has 0 radical (unpaired) electrons. The van der Waals surface area contributed by atoms with Crippen LogP contribution in [0.5, 0.6) is 0 Å². The number of esters is 1. The summed E-state index contributed by atoms with van der Waals surface area (Å²) >= 11 is 0. The molecule has 1 fully saturated rings. The van der Waals surface area contributed by atoms with Crippen LogP contribution in [-0.2, 0) is 9.53 Å². The van der Waals surface area contributed by atoms with Gasteiger partial charge in [-0.2, -0.15) is 0 Å². The molecule has 2 N–H and O–H groups in total. The zero-order chi connectivity index (χ0) is 11.6. The van der Waals surface area contributed by atoms with E-state index in [2.05, 4.69) is 10.6 Å². The van der Waals surface area contributed by atoms with Gasteiger partial charge in [-0.05, 0) is 39.3 Å². The summed E-state index contributed by atoms with van der Waals surface area (Å²) in [6.07, 6.45) is 5.30. The third-order valence-corrected chi connectivity index (χ3v) is 2.84. The molecule has 1 aliphatic rings. The van der Waals surface area contributed by atoms with E-state index in [0.29, 0.717) is 19.1 Å². The fraction of sp³-hybridized carbons (Fsp3) is 0.917. The van der Waals surface area contributed by atoms with Crippen LogP contribution in [0.4, 0.5) is 0 Å². The van der Waals surface area contributed by atoms with E-state index in [1.54, 1.807) is 0 Å². The SMILES string of the molecule is CCOC(=O)CCCNCC1CCCCN1. The minimum atomic E-state index is -0.0832. The lowest BCUT2D eigenvalue weighted by molar-refractivity contribution is -0.143. The van der Waals surface area contributed by atoms with Gasteiger partial charge in [-0.25, -0.2) is 0 Å². The van der Waals surface area contributed by atoms with Gasteiger partial charge in [0.15, 0.2) is 0 Å². The summed E-state index contributed by atoms with van der Waals surface area (Å²) in [6, 6.07) is 0.622. The molecule has 1 atom stereocenters. The molecular weight excluding hydrogens is 204 g/mol. The summed E-state index contributed by atoms with van der Waals surface area (Å²) in [5.41, 5.74) is 0. The Hall–Kier alpha value is -0.610. The average molecular weight is 228 g/mol. The Kier molecular flexibility index (Phi) is 7.17. The topological polar surface area (TPSA) is 50.4 Å². The van der Waals surface area contributed by atoms with Gasteiger partial charge in [-0.15, -0.1) is 0 Å². The van der Waals surface area contributed by atoms with Crippen LogP contribution < -0.4 is 10.6 Å². The Labute approximate surface area is 98.1 Å². The van der Waals surface area contributed by atoms with Crippen molar-refractivity contribution in [3.63, 3.8) is 0 Å². The number of hydrogen-bond donors (Lipinski definition) is 2. The lowest BCUT2D eigenvalue weighted by Crippen LogP contribution is -2.41. The summed E-state index contributed by atoms with van der Waals surface area (Å²) in [5.74, 6) is -0.0832. The largest absolute Gasteiger partial charge is 0.466 e. The molecule has 1 aliphatic heterocycles. The first-order valence-corrected chi connectivity index (χ1v) is 6.42. The number of nitrogens with one attached hydrogen (secondary N) is 2. The molecule has 1 rings (SSSR count). The monoisotopic (exact) mass is 228 g/mol. The second-order valence-electron chi connectivity index (χ2n) is 4.26. The van der Waals surface area contributed by atoms with Crippen molar-refractivity contribution in [1.82, 2.24) is 10.6 Å². The lowest BCUT2D eigenvalue weighted by Gasteiger charge is -2.23. The van der Waals surface area contributed by atoms with Crippen molar-refractivity contribution in [2.75, 3.05) is 26.2 Å². The Balaban J connectivity index is 1.89. The third kappa shape index (κ3) is 6.08. The first-order valence-electron chi connectivity index (χ1n) is 6.42. The second-order valence-corrected chi connectivity index (χ2v) is 4.26. The van der Waals surface area contributed by atoms with E-state index >= 15 is 0 Å². The van der Waals surface area contributed by atoms with E-state index in [-0.39, 0.29) is 5.97 Å². The van der Waals surface area contributed by atoms with Gasteiger partial charge in [0.1, 0.15) is 0 Å². The van der Waals surface area contributed by atoms with E-state index in [1.807, 2.05) is 6.92 Å².